The van der Waals surface area contributed by atoms with Gasteiger partial charge in [-0.15, -0.1) is 0 Å². The van der Waals surface area contributed by atoms with E-state index in [1.807, 2.05) is 62.3 Å². The third-order valence-corrected chi connectivity index (χ3v) is 3.11. The van der Waals surface area contributed by atoms with Gasteiger partial charge in [0.15, 0.2) is 0 Å². The van der Waals surface area contributed by atoms with Gasteiger partial charge in [-0.1, -0.05) is 35.9 Å². The molecule has 0 saturated heterocycles. The van der Waals surface area contributed by atoms with Gasteiger partial charge in [-0.2, -0.15) is 0 Å². The minimum atomic E-state index is -0.903. The summed E-state index contributed by atoms with van der Waals surface area (Å²) in [5.41, 5.74) is 4.04. The van der Waals surface area contributed by atoms with Gasteiger partial charge in [0, 0.05) is 19.8 Å². The largest absolute Gasteiger partial charge is 0.478 e. The molecule has 0 aliphatic heterocycles. The standard InChI is InChI=1S/C16H17NO2/c1-11-4-6-12(7-5-11)14-9-8-13(17(2)3)10-15(14)16(18)19/h4-10H,1-3H3,(H,18,19). The Kier molecular flexibility index (Phi) is 3.56. The van der Waals surface area contributed by atoms with Gasteiger partial charge in [0.05, 0.1) is 5.56 Å². The maximum Gasteiger partial charge on any atom is 0.336 e. The van der Waals surface area contributed by atoms with E-state index in [0.29, 0.717) is 5.56 Å². The fourth-order valence-electron chi connectivity index (χ4n) is 1.97. The summed E-state index contributed by atoms with van der Waals surface area (Å²) in [6, 6.07) is 13.4. The summed E-state index contributed by atoms with van der Waals surface area (Å²) in [6.07, 6.45) is 0. The third kappa shape index (κ3) is 2.76. The Hall–Kier alpha value is -2.29. The van der Waals surface area contributed by atoms with Gasteiger partial charge < -0.3 is 10.0 Å². The molecule has 2 aromatic rings. The summed E-state index contributed by atoms with van der Waals surface area (Å²) in [5, 5.41) is 9.37. The normalized spacial score (nSPS) is 10.3. The van der Waals surface area contributed by atoms with Gasteiger partial charge in [0.25, 0.3) is 0 Å². The molecule has 0 fully saturated rings. The Morgan fingerprint density at radius 3 is 2.21 bits per heavy atom. The summed E-state index contributed by atoms with van der Waals surface area (Å²) in [7, 11) is 3.79. The molecule has 98 valence electrons. The number of aryl methyl sites for hydroxylation is 1. The fourth-order valence-corrected chi connectivity index (χ4v) is 1.97. The zero-order valence-electron chi connectivity index (χ0n) is 11.3. The smallest absolute Gasteiger partial charge is 0.336 e. The lowest BCUT2D eigenvalue weighted by molar-refractivity contribution is 0.0698. The van der Waals surface area contributed by atoms with E-state index in [1.54, 1.807) is 6.07 Å². The van der Waals surface area contributed by atoms with Crippen molar-refractivity contribution in [1.29, 1.82) is 0 Å². The minimum absolute atomic E-state index is 0.329. The number of aromatic carboxylic acids is 1. The number of carboxylic acids is 1. The summed E-state index contributed by atoms with van der Waals surface area (Å²) >= 11 is 0. The number of anilines is 1. The molecule has 19 heavy (non-hydrogen) atoms. The van der Waals surface area contributed by atoms with Crippen molar-refractivity contribution in [2.75, 3.05) is 19.0 Å². The number of carboxylic acid groups (broad SMARTS) is 1. The van der Waals surface area contributed by atoms with Crippen LogP contribution in [0.25, 0.3) is 11.1 Å². The Morgan fingerprint density at radius 2 is 1.68 bits per heavy atom. The second-order valence-electron chi connectivity index (χ2n) is 4.80. The average molecular weight is 255 g/mol. The van der Waals surface area contributed by atoms with Crippen LogP contribution in [0, 0.1) is 6.92 Å². The third-order valence-electron chi connectivity index (χ3n) is 3.11. The van der Waals surface area contributed by atoms with Crippen molar-refractivity contribution in [3.05, 3.63) is 53.6 Å². The first-order valence-corrected chi connectivity index (χ1v) is 6.11. The van der Waals surface area contributed by atoms with Crippen LogP contribution in [0.4, 0.5) is 5.69 Å². The van der Waals surface area contributed by atoms with E-state index < -0.39 is 5.97 Å². The number of benzene rings is 2. The average Bonchev–Trinajstić information content (AvgIpc) is 2.38. The molecule has 2 rings (SSSR count). The lowest BCUT2D eigenvalue weighted by Crippen LogP contribution is -2.10. The van der Waals surface area contributed by atoms with Crippen molar-refractivity contribution >= 4 is 11.7 Å². The molecule has 0 unspecified atom stereocenters. The van der Waals surface area contributed by atoms with E-state index in [0.717, 1.165) is 22.4 Å². The highest BCUT2D eigenvalue weighted by atomic mass is 16.4. The van der Waals surface area contributed by atoms with Crippen molar-refractivity contribution in [3.8, 4) is 11.1 Å². The predicted octanol–water partition coefficient (Wildman–Crippen LogP) is 3.43. The van der Waals surface area contributed by atoms with Crippen molar-refractivity contribution < 1.29 is 9.90 Å². The molecule has 0 radical (unpaired) electrons. The second kappa shape index (κ2) is 5.14. The van der Waals surface area contributed by atoms with Crippen LogP contribution < -0.4 is 4.90 Å². The maximum atomic E-state index is 11.4. The zero-order chi connectivity index (χ0) is 14.0. The van der Waals surface area contributed by atoms with Crippen LogP contribution in [0.15, 0.2) is 42.5 Å². The quantitative estimate of drug-likeness (QED) is 0.913. The summed E-state index contributed by atoms with van der Waals surface area (Å²) in [5.74, 6) is -0.903. The SMILES string of the molecule is Cc1ccc(-c2ccc(N(C)C)cc2C(=O)O)cc1. The molecule has 1 N–H and O–H groups in total. The first-order chi connectivity index (χ1) is 8.99. The van der Waals surface area contributed by atoms with Crippen LogP contribution >= 0.6 is 0 Å². The van der Waals surface area contributed by atoms with E-state index in [4.69, 9.17) is 0 Å². The molecular weight excluding hydrogens is 238 g/mol. The monoisotopic (exact) mass is 255 g/mol. The first kappa shape index (κ1) is 13.1. The molecule has 0 spiro atoms. The number of carbonyl (C=O) groups is 1. The maximum absolute atomic E-state index is 11.4. The molecule has 2 aromatic carbocycles. The molecule has 0 amide bonds. The van der Waals surface area contributed by atoms with Crippen LogP contribution in [0.3, 0.4) is 0 Å². The van der Waals surface area contributed by atoms with Gasteiger partial charge in [-0.25, -0.2) is 4.79 Å². The molecule has 3 nitrogen and oxygen atoms in total. The molecule has 3 heteroatoms. The molecule has 0 heterocycles. The van der Waals surface area contributed by atoms with Crippen molar-refractivity contribution in [2.24, 2.45) is 0 Å². The summed E-state index contributed by atoms with van der Waals surface area (Å²) in [4.78, 5) is 13.3. The highest BCUT2D eigenvalue weighted by Crippen LogP contribution is 2.27. The molecule has 0 atom stereocenters. The molecule has 0 bridgehead atoms. The molecular formula is C16H17NO2. The van der Waals surface area contributed by atoms with E-state index in [1.165, 1.54) is 0 Å². The molecule has 0 aliphatic carbocycles. The van der Waals surface area contributed by atoms with E-state index in [-0.39, 0.29) is 0 Å². The van der Waals surface area contributed by atoms with Gasteiger partial charge in [0.2, 0.25) is 0 Å². The van der Waals surface area contributed by atoms with Gasteiger partial charge in [-0.3, -0.25) is 0 Å². The zero-order valence-corrected chi connectivity index (χ0v) is 11.3. The van der Waals surface area contributed by atoms with Crippen molar-refractivity contribution in [3.63, 3.8) is 0 Å². The topological polar surface area (TPSA) is 40.5 Å². The highest BCUT2D eigenvalue weighted by Gasteiger charge is 2.13. The number of hydrogen-bond acceptors (Lipinski definition) is 2. The highest BCUT2D eigenvalue weighted by molar-refractivity contribution is 5.97. The van der Waals surface area contributed by atoms with E-state index in [2.05, 4.69) is 0 Å². The number of nitrogens with zero attached hydrogens (tertiary/aromatic N) is 1. The predicted molar refractivity (Wildman–Crippen MR) is 77.9 cm³/mol. The summed E-state index contributed by atoms with van der Waals surface area (Å²) < 4.78 is 0. The van der Waals surface area contributed by atoms with Crippen LogP contribution in [0.5, 0.6) is 0 Å². The van der Waals surface area contributed by atoms with Gasteiger partial charge >= 0.3 is 5.97 Å². The van der Waals surface area contributed by atoms with Crippen LogP contribution in [0.1, 0.15) is 15.9 Å². The first-order valence-electron chi connectivity index (χ1n) is 6.11. The number of rotatable bonds is 3. The summed E-state index contributed by atoms with van der Waals surface area (Å²) in [6.45, 7) is 2.01. The van der Waals surface area contributed by atoms with E-state index >= 15 is 0 Å². The Balaban J connectivity index is 2.56. The lowest BCUT2D eigenvalue weighted by atomic mass is 9.98. The fraction of sp³-hybridized carbons (Fsp3) is 0.188. The minimum Gasteiger partial charge on any atom is -0.478 e. The lowest BCUT2D eigenvalue weighted by Gasteiger charge is -2.15. The molecule has 0 saturated carbocycles. The second-order valence-corrected chi connectivity index (χ2v) is 4.80. The van der Waals surface area contributed by atoms with Gasteiger partial charge in [-0.05, 0) is 30.2 Å². The van der Waals surface area contributed by atoms with Crippen LogP contribution in [-0.2, 0) is 0 Å². The molecule has 0 aromatic heterocycles. The van der Waals surface area contributed by atoms with Gasteiger partial charge in [0.1, 0.15) is 0 Å². The van der Waals surface area contributed by atoms with Crippen LogP contribution in [-0.4, -0.2) is 25.2 Å². The van der Waals surface area contributed by atoms with Crippen molar-refractivity contribution in [2.45, 2.75) is 6.92 Å². The Bertz CT molecular complexity index is 601. The van der Waals surface area contributed by atoms with Crippen LogP contribution in [0.2, 0.25) is 0 Å². The Labute approximate surface area is 113 Å². The Morgan fingerprint density at radius 1 is 1.05 bits per heavy atom. The van der Waals surface area contributed by atoms with Crippen molar-refractivity contribution in [1.82, 2.24) is 0 Å². The molecule has 0 aliphatic rings. The van der Waals surface area contributed by atoms with E-state index in [9.17, 15) is 9.90 Å². The number of hydrogen-bond donors (Lipinski definition) is 1.